The minimum atomic E-state index is -0.318. The van der Waals surface area contributed by atoms with Crippen LogP contribution >= 0.6 is 0 Å². The zero-order valence-electron chi connectivity index (χ0n) is 16.6. The summed E-state index contributed by atoms with van der Waals surface area (Å²) in [5.41, 5.74) is 2.86. The van der Waals surface area contributed by atoms with Gasteiger partial charge in [-0.25, -0.2) is 0 Å². The van der Waals surface area contributed by atoms with Gasteiger partial charge in [0.05, 0.1) is 5.39 Å². The van der Waals surface area contributed by atoms with Gasteiger partial charge in [0.2, 0.25) is 11.2 Å². The predicted molar refractivity (Wildman–Crippen MR) is 116 cm³/mol. The first-order valence-electron chi connectivity index (χ1n) is 9.68. The number of hydrogen-bond donors (Lipinski definition) is 1. The van der Waals surface area contributed by atoms with Crippen molar-refractivity contribution >= 4 is 16.9 Å². The molecule has 0 saturated heterocycles. The van der Waals surface area contributed by atoms with Gasteiger partial charge >= 0.3 is 0 Å². The Morgan fingerprint density at radius 1 is 0.967 bits per heavy atom. The van der Waals surface area contributed by atoms with Crippen LogP contribution in [0.1, 0.15) is 11.1 Å². The summed E-state index contributed by atoms with van der Waals surface area (Å²) >= 11 is 0. The molecule has 4 aromatic rings. The maximum absolute atomic E-state index is 13.1. The number of carbonyl (C=O) groups is 1. The van der Waals surface area contributed by atoms with E-state index in [1.165, 1.54) is 0 Å². The third-order valence-electron chi connectivity index (χ3n) is 4.72. The molecule has 0 unspecified atom stereocenters. The van der Waals surface area contributed by atoms with Crippen LogP contribution in [0.4, 0.5) is 0 Å². The first-order valence-corrected chi connectivity index (χ1v) is 9.68. The molecular formula is C25H21NO4. The third-order valence-corrected chi connectivity index (χ3v) is 4.72. The Hall–Kier alpha value is -3.86. The lowest BCUT2D eigenvalue weighted by Gasteiger charge is -2.12. The van der Waals surface area contributed by atoms with Gasteiger partial charge in [0.25, 0.3) is 5.91 Å². The fourth-order valence-corrected chi connectivity index (χ4v) is 3.18. The third kappa shape index (κ3) is 4.25. The van der Waals surface area contributed by atoms with E-state index in [2.05, 4.69) is 5.32 Å². The van der Waals surface area contributed by atoms with Gasteiger partial charge < -0.3 is 14.5 Å². The molecule has 3 aromatic carbocycles. The number of fused-ring (bicyclic) bond motifs is 1. The quantitative estimate of drug-likeness (QED) is 0.520. The molecule has 0 aliphatic carbocycles. The number of ether oxygens (including phenoxy) is 1. The number of aryl methyl sites for hydroxylation is 1. The van der Waals surface area contributed by atoms with Gasteiger partial charge in [-0.2, -0.15) is 0 Å². The molecule has 4 rings (SSSR count). The summed E-state index contributed by atoms with van der Waals surface area (Å²) < 4.78 is 11.7. The Labute approximate surface area is 173 Å². The molecule has 0 aliphatic rings. The molecule has 0 saturated carbocycles. The molecule has 1 N–H and O–H groups in total. The van der Waals surface area contributed by atoms with Gasteiger partial charge in [0.15, 0.2) is 12.4 Å². The first-order chi connectivity index (χ1) is 14.6. The summed E-state index contributed by atoms with van der Waals surface area (Å²) in [6.07, 6.45) is 0. The largest absolute Gasteiger partial charge is 0.476 e. The van der Waals surface area contributed by atoms with E-state index in [1.54, 1.807) is 6.07 Å². The molecule has 1 heterocycles. The van der Waals surface area contributed by atoms with Crippen molar-refractivity contribution in [3.63, 3.8) is 0 Å². The Kier molecular flexibility index (Phi) is 5.61. The molecule has 1 amide bonds. The number of rotatable bonds is 6. The van der Waals surface area contributed by atoms with Crippen molar-refractivity contribution in [2.75, 3.05) is 6.61 Å². The van der Waals surface area contributed by atoms with Crippen LogP contribution < -0.4 is 15.5 Å². The minimum Gasteiger partial charge on any atom is -0.476 e. The van der Waals surface area contributed by atoms with Crippen molar-refractivity contribution in [3.8, 4) is 17.1 Å². The second kappa shape index (κ2) is 8.66. The zero-order chi connectivity index (χ0) is 20.9. The standard InChI is InChI=1S/C25H21NO4/c1-17-12-13-20-21(14-17)30-24(19-10-6-3-7-11-19)25(23(20)28)29-16-22(27)26-15-18-8-4-2-5-9-18/h2-14H,15-16H2,1H3,(H,26,27). The van der Waals surface area contributed by atoms with Crippen LogP contribution in [0, 0.1) is 6.92 Å². The van der Waals surface area contributed by atoms with E-state index in [0.717, 1.165) is 11.1 Å². The predicted octanol–water partition coefficient (Wildman–Crippen LogP) is 4.46. The van der Waals surface area contributed by atoms with E-state index in [4.69, 9.17) is 9.15 Å². The van der Waals surface area contributed by atoms with E-state index in [1.807, 2.05) is 79.7 Å². The highest BCUT2D eigenvalue weighted by Crippen LogP contribution is 2.31. The van der Waals surface area contributed by atoms with Crippen molar-refractivity contribution in [2.24, 2.45) is 0 Å². The number of benzene rings is 3. The second-order valence-corrected chi connectivity index (χ2v) is 7.01. The number of nitrogens with one attached hydrogen (secondary N) is 1. The summed E-state index contributed by atoms with van der Waals surface area (Å²) in [5.74, 6) is 0.0308. The Balaban J connectivity index is 1.62. The van der Waals surface area contributed by atoms with Crippen molar-refractivity contribution < 1.29 is 13.9 Å². The van der Waals surface area contributed by atoms with Crippen molar-refractivity contribution in [1.29, 1.82) is 0 Å². The number of carbonyl (C=O) groups excluding carboxylic acids is 1. The lowest BCUT2D eigenvalue weighted by molar-refractivity contribution is -0.123. The van der Waals surface area contributed by atoms with Gasteiger partial charge in [0.1, 0.15) is 5.58 Å². The number of amides is 1. The fraction of sp³-hybridized carbons (Fsp3) is 0.120. The molecule has 0 aliphatic heterocycles. The molecule has 0 radical (unpaired) electrons. The first kappa shape index (κ1) is 19.5. The highest BCUT2D eigenvalue weighted by molar-refractivity contribution is 5.83. The van der Waals surface area contributed by atoms with E-state index in [0.29, 0.717) is 28.8 Å². The smallest absolute Gasteiger partial charge is 0.258 e. The maximum Gasteiger partial charge on any atom is 0.258 e. The van der Waals surface area contributed by atoms with E-state index < -0.39 is 0 Å². The fourth-order valence-electron chi connectivity index (χ4n) is 3.18. The molecule has 0 bridgehead atoms. The average Bonchev–Trinajstić information content (AvgIpc) is 2.78. The van der Waals surface area contributed by atoms with Crippen LogP contribution in [-0.2, 0) is 11.3 Å². The van der Waals surface area contributed by atoms with Crippen LogP contribution in [0.3, 0.4) is 0 Å². The molecule has 5 nitrogen and oxygen atoms in total. The van der Waals surface area contributed by atoms with Gasteiger partial charge in [0, 0.05) is 12.1 Å². The Bertz CT molecular complexity index is 1230. The van der Waals surface area contributed by atoms with Crippen LogP contribution in [0.25, 0.3) is 22.3 Å². The van der Waals surface area contributed by atoms with Crippen LogP contribution in [0.5, 0.6) is 5.75 Å². The molecular weight excluding hydrogens is 378 g/mol. The van der Waals surface area contributed by atoms with Crippen LogP contribution in [0.15, 0.2) is 88.1 Å². The summed E-state index contributed by atoms with van der Waals surface area (Å²) in [5, 5.41) is 3.21. The van der Waals surface area contributed by atoms with Gasteiger partial charge in [-0.3, -0.25) is 9.59 Å². The van der Waals surface area contributed by atoms with E-state index in [9.17, 15) is 9.59 Å². The summed E-state index contributed by atoms with van der Waals surface area (Å²) in [7, 11) is 0. The maximum atomic E-state index is 13.1. The van der Waals surface area contributed by atoms with Gasteiger partial charge in [-0.05, 0) is 30.2 Å². The van der Waals surface area contributed by atoms with Crippen LogP contribution in [0.2, 0.25) is 0 Å². The van der Waals surface area contributed by atoms with E-state index >= 15 is 0 Å². The monoisotopic (exact) mass is 399 g/mol. The zero-order valence-corrected chi connectivity index (χ0v) is 16.6. The van der Waals surface area contributed by atoms with Crippen molar-refractivity contribution in [2.45, 2.75) is 13.5 Å². The van der Waals surface area contributed by atoms with Crippen molar-refractivity contribution in [1.82, 2.24) is 5.32 Å². The van der Waals surface area contributed by atoms with Crippen molar-refractivity contribution in [3.05, 3.63) is 100 Å². The number of hydrogen-bond acceptors (Lipinski definition) is 4. The van der Waals surface area contributed by atoms with Gasteiger partial charge in [-0.1, -0.05) is 66.7 Å². The Morgan fingerprint density at radius 2 is 1.67 bits per heavy atom. The molecule has 0 spiro atoms. The highest BCUT2D eigenvalue weighted by atomic mass is 16.5. The average molecular weight is 399 g/mol. The normalized spacial score (nSPS) is 10.7. The summed E-state index contributed by atoms with van der Waals surface area (Å²) in [6.45, 7) is 2.04. The second-order valence-electron chi connectivity index (χ2n) is 7.01. The van der Waals surface area contributed by atoms with Crippen LogP contribution in [-0.4, -0.2) is 12.5 Å². The summed E-state index contributed by atoms with van der Waals surface area (Å²) in [4.78, 5) is 25.4. The summed E-state index contributed by atoms with van der Waals surface area (Å²) in [6, 6.07) is 24.2. The molecule has 5 heteroatoms. The SMILES string of the molecule is Cc1ccc2c(=O)c(OCC(=O)NCc3ccccc3)c(-c3ccccc3)oc2c1. The molecule has 30 heavy (non-hydrogen) atoms. The van der Waals surface area contributed by atoms with E-state index in [-0.39, 0.29) is 23.7 Å². The highest BCUT2D eigenvalue weighted by Gasteiger charge is 2.18. The molecule has 0 atom stereocenters. The lowest BCUT2D eigenvalue weighted by atomic mass is 10.1. The Morgan fingerprint density at radius 3 is 2.40 bits per heavy atom. The lowest BCUT2D eigenvalue weighted by Crippen LogP contribution is -2.29. The molecule has 150 valence electrons. The minimum absolute atomic E-state index is 0.0346. The molecule has 0 fully saturated rings. The topological polar surface area (TPSA) is 68.5 Å². The van der Waals surface area contributed by atoms with Gasteiger partial charge in [-0.15, -0.1) is 0 Å². The molecule has 1 aromatic heterocycles.